The molecule has 0 aliphatic rings. The molecule has 0 spiro atoms. The summed E-state index contributed by atoms with van der Waals surface area (Å²) >= 11 is 5.86. The van der Waals surface area contributed by atoms with E-state index in [0.29, 0.717) is 5.76 Å². The van der Waals surface area contributed by atoms with Crippen molar-refractivity contribution in [3.05, 3.63) is 63.6 Å². The minimum Gasteiger partial charge on any atom is -0.465 e. The van der Waals surface area contributed by atoms with Gasteiger partial charge in [0, 0.05) is 18.2 Å². The fourth-order valence-corrected chi connectivity index (χ4v) is 1.61. The van der Waals surface area contributed by atoms with Crippen LogP contribution >= 0.6 is 11.6 Å². The number of hydrogen-bond donors (Lipinski definition) is 1. The maximum atomic E-state index is 11.7. The van der Waals surface area contributed by atoms with Crippen molar-refractivity contribution in [1.82, 2.24) is 0 Å². The Balaban J connectivity index is 2.11. The third-order valence-electron chi connectivity index (χ3n) is 2.36. The molecule has 7 heteroatoms. The summed E-state index contributed by atoms with van der Waals surface area (Å²) in [7, 11) is 0. The van der Waals surface area contributed by atoms with Crippen LogP contribution in [0.25, 0.3) is 6.08 Å². The maximum absolute atomic E-state index is 11.7. The van der Waals surface area contributed by atoms with Crippen LogP contribution in [0.5, 0.6) is 0 Å². The molecule has 1 amide bonds. The summed E-state index contributed by atoms with van der Waals surface area (Å²) in [5, 5.41) is 13.3. The average Bonchev–Trinajstić information content (AvgIpc) is 2.92. The fourth-order valence-electron chi connectivity index (χ4n) is 1.44. The number of furan rings is 1. The van der Waals surface area contributed by atoms with E-state index >= 15 is 0 Å². The molecule has 1 aromatic heterocycles. The molecule has 0 atom stereocenters. The standard InChI is InChI=1S/C13H9ClN2O4/c14-11-5-3-9(16(18)19)8-12(11)15-13(17)6-4-10-2-1-7-20-10/h1-8H,(H,15,17). The quantitative estimate of drug-likeness (QED) is 0.531. The van der Waals surface area contributed by atoms with Gasteiger partial charge in [0.15, 0.2) is 0 Å². The molecule has 0 bridgehead atoms. The van der Waals surface area contributed by atoms with Crippen molar-refractivity contribution >= 4 is 35.0 Å². The van der Waals surface area contributed by atoms with Crippen LogP contribution in [0.4, 0.5) is 11.4 Å². The third-order valence-corrected chi connectivity index (χ3v) is 2.69. The molecule has 0 aliphatic heterocycles. The van der Waals surface area contributed by atoms with Crippen molar-refractivity contribution in [1.29, 1.82) is 0 Å². The zero-order valence-corrected chi connectivity index (χ0v) is 10.8. The van der Waals surface area contributed by atoms with Crippen molar-refractivity contribution in [3.8, 4) is 0 Å². The number of anilines is 1. The number of nitro benzene ring substituents is 1. The number of benzene rings is 1. The van der Waals surface area contributed by atoms with Gasteiger partial charge in [0.25, 0.3) is 5.69 Å². The number of non-ortho nitro benzene ring substituents is 1. The second-order valence-electron chi connectivity index (χ2n) is 3.76. The summed E-state index contributed by atoms with van der Waals surface area (Å²) in [6, 6.07) is 7.18. The Morgan fingerprint density at radius 2 is 2.20 bits per heavy atom. The summed E-state index contributed by atoms with van der Waals surface area (Å²) in [6.07, 6.45) is 4.20. The zero-order chi connectivity index (χ0) is 14.5. The SMILES string of the molecule is O=C(C=Cc1ccco1)Nc1cc([N+](=O)[O-])ccc1Cl. The highest BCUT2D eigenvalue weighted by atomic mass is 35.5. The first-order valence-electron chi connectivity index (χ1n) is 5.53. The normalized spacial score (nSPS) is 10.7. The van der Waals surface area contributed by atoms with Crippen molar-refractivity contribution in [2.45, 2.75) is 0 Å². The molecule has 20 heavy (non-hydrogen) atoms. The second kappa shape index (κ2) is 6.03. The average molecular weight is 293 g/mol. The Kier molecular flexibility index (Phi) is 4.17. The van der Waals surface area contributed by atoms with Crippen LogP contribution < -0.4 is 5.32 Å². The van der Waals surface area contributed by atoms with Crippen LogP contribution in [-0.2, 0) is 4.79 Å². The van der Waals surface area contributed by atoms with Gasteiger partial charge in [0.2, 0.25) is 5.91 Å². The lowest BCUT2D eigenvalue weighted by Crippen LogP contribution is -2.08. The van der Waals surface area contributed by atoms with Gasteiger partial charge in [0.1, 0.15) is 5.76 Å². The monoisotopic (exact) mass is 292 g/mol. The van der Waals surface area contributed by atoms with E-state index in [4.69, 9.17) is 16.0 Å². The lowest BCUT2D eigenvalue weighted by molar-refractivity contribution is -0.384. The van der Waals surface area contributed by atoms with E-state index in [-0.39, 0.29) is 16.4 Å². The number of carbonyl (C=O) groups excluding carboxylic acids is 1. The molecule has 1 heterocycles. The number of carbonyl (C=O) groups is 1. The molecule has 6 nitrogen and oxygen atoms in total. The van der Waals surface area contributed by atoms with Gasteiger partial charge >= 0.3 is 0 Å². The number of amides is 1. The molecule has 0 saturated carbocycles. The van der Waals surface area contributed by atoms with Gasteiger partial charge in [0.05, 0.1) is 21.9 Å². The Labute approximate surface area is 118 Å². The van der Waals surface area contributed by atoms with E-state index in [1.165, 1.54) is 36.6 Å². The van der Waals surface area contributed by atoms with Gasteiger partial charge in [-0.15, -0.1) is 0 Å². The smallest absolute Gasteiger partial charge is 0.271 e. The molecule has 1 N–H and O–H groups in total. The topological polar surface area (TPSA) is 85.4 Å². The van der Waals surface area contributed by atoms with Crippen LogP contribution in [0, 0.1) is 10.1 Å². The van der Waals surface area contributed by atoms with Crippen molar-refractivity contribution < 1.29 is 14.1 Å². The van der Waals surface area contributed by atoms with Crippen LogP contribution in [0.2, 0.25) is 5.02 Å². The first kappa shape index (κ1) is 13.8. The minimum absolute atomic E-state index is 0.153. The molecular formula is C13H9ClN2O4. The molecule has 2 aromatic rings. The van der Waals surface area contributed by atoms with Gasteiger partial charge in [-0.05, 0) is 24.3 Å². The third kappa shape index (κ3) is 3.46. The number of rotatable bonds is 4. The summed E-state index contributed by atoms with van der Waals surface area (Å²) < 4.78 is 5.03. The number of halogens is 1. The summed E-state index contributed by atoms with van der Waals surface area (Å²) in [6.45, 7) is 0. The van der Waals surface area contributed by atoms with E-state index in [1.54, 1.807) is 12.1 Å². The van der Waals surface area contributed by atoms with Crippen LogP contribution in [0.1, 0.15) is 5.76 Å². The van der Waals surface area contributed by atoms with E-state index in [0.717, 1.165) is 0 Å². The van der Waals surface area contributed by atoms with E-state index in [1.807, 2.05) is 0 Å². The highest BCUT2D eigenvalue weighted by Crippen LogP contribution is 2.26. The molecule has 0 saturated heterocycles. The van der Waals surface area contributed by atoms with Gasteiger partial charge in [-0.3, -0.25) is 14.9 Å². The Bertz CT molecular complexity index is 665. The van der Waals surface area contributed by atoms with E-state index < -0.39 is 10.8 Å². The maximum Gasteiger partial charge on any atom is 0.271 e. The number of nitro groups is 1. The second-order valence-corrected chi connectivity index (χ2v) is 4.17. The Morgan fingerprint density at radius 3 is 2.85 bits per heavy atom. The van der Waals surface area contributed by atoms with Crippen molar-refractivity contribution in [2.75, 3.05) is 5.32 Å². The van der Waals surface area contributed by atoms with Gasteiger partial charge in [-0.1, -0.05) is 11.6 Å². The molecule has 0 unspecified atom stereocenters. The molecule has 0 fully saturated rings. The number of hydrogen-bond acceptors (Lipinski definition) is 4. The highest BCUT2D eigenvalue weighted by molar-refractivity contribution is 6.34. The minimum atomic E-state index is -0.565. The van der Waals surface area contributed by atoms with E-state index in [2.05, 4.69) is 5.32 Å². The van der Waals surface area contributed by atoms with Gasteiger partial charge in [-0.25, -0.2) is 0 Å². The first-order chi connectivity index (χ1) is 9.56. The Hall–Kier alpha value is -2.60. The summed E-state index contributed by atoms with van der Waals surface area (Å²) in [4.78, 5) is 21.8. The molecule has 2 rings (SSSR count). The highest BCUT2D eigenvalue weighted by Gasteiger charge is 2.10. The van der Waals surface area contributed by atoms with Crippen LogP contribution in [0.15, 0.2) is 47.1 Å². The summed E-state index contributed by atoms with van der Waals surface area (Å²) in [5.74, 6) is 0.0501. The van der Waals surface area contributed by atoms with E-state index in [9.17, 15) is 14.9 Å². The largest absolute Gasteiger partial charge is 0.465 e. The number of nitrogens with zero attached hydrogens (tertiary/aromatic N) is 1. The van der Waals surface area contributed by atoms with Gasteiger partial charge < -0.3 is 9.73 Å². The van der Waals surface area contributed by atoms with Crippen molar-refractivity contribution in [3.63, 3.8) is 0 Å². The number of nitrogens with one attached hydrogen (secondary N) is 1. The molecule has 1 aromatic carbocycles. The molecule has 0 aliphatic carbocycles. The van der Waals surface area contributed by atoms with Crippen LogP contribution in [-0.4, -0.2) is 10.8 Å². The van der Waals surface area contributed by atoms with Crippen LogP contribution in [0.3, 0.4) is 0 Å². The fraction of sp³-hybridized carbons (Fsp3) is 0. The summed E-state index contributed by atoms with van der Waals surface area (Å²) in [5.41, 5.74) is 0.0228. The molecule has 0 radical (unpaired) electrons. The zero-order valence-electron chi connectivity index (χ0n) is 10.1. The predicted molar refractivity (Wildman–Crippen MR) is 74.5 cm³/mol. The molecule has 102 valence electrons. The lowest BCUT2D eigenvalue weighted by Gasteiger charge is -2.04. The first-order valence-corrected chi connectivity index (χ1v) is 5.90. The Morgan fingerprint density at radius 1 is 1.40 bits per heavy atom. The molecular weight excluding hydrogens is 284 g/mol. The lowest BCUT2D eigenvalue weighted by atomic mass is 10.2. The van der Waals surface area contributed by atoms with Crippen molar-refractivity contribution in [2.24, 2.45) is 0 Å². The predicted octanol–water partition coefficient (Wildman–Crippen LogP) is 3.49. The van der Waals surface area contributed by atoms with Gasteiger partial charge in [-0.2, -0.15) is 0 Å².